The Bertz CT molecular complexity index is 811. The number of nitrogens with zero attached hydrogens (tertiary/aromatic N) is 4. The molecule has 0 aliphatic carbocycles. The van der Waals surface area contributed by atoms with Gasteiger partial charge in [-0.15, -0.1) is 0 Å². The van der Waals surface area contributed by atoms with E-state index in [0.717, 1.165) is 22.6 Å². The summed E-state index contributed by atoms with van der Waals surface area (Å²) >= 11 is 0. The van der Waals surface area contributed by atoms with E-state index in [0.29, 0.717) is 5.56 Å². The van der Waals surface area contributed by atoms with Crippen LogP contribution >= 0.6 is 0 Å². The van der Waals surface area contributed by atoms with Crippen LogP contribution in [0.15, 0.2) is 42.7 Å². The van der Waals surface area contributed by atoms with Gasteiger partial charge in [-0.05, 0) is 37.6 Å². The molecule has 0 amide bonds. The zero-order valence-corrected chi connectivity index (χ0v) is 11.9. The maximum absolute atomic E-state index is 8.84. The van der Waals surface area contributed by atoms with Crippen molar-refractivity contribution < 1.29 is 0 Å². The molecule has 21 heavy (non-hydrogen) atoms. The monoisotopic (exact) mass is 277 g/mol. The molecule has 0 bridgehead atoms. The number of nitrogens with one attached hydrogen (secondary N) is 1. The van der Waals surface area contributed by atoms with E-state index in [2.05, 4.69) is 28.4 Å². The van der Waals surface area contributed by atoms with E-state index in [1.807, 2.05) is 48.0 Å². The lowest BCUT2D eigenvalue weighted by atomic mass is 10.1. The Morgan fingerprint density at radius 3 is 2.76 bits per heavy atom. The lowest BCUT2D eigenvalue weighted by Crippen LogP contribution is -2.09. The van der Waals surface area contributed by atoms with Gasteiger partial charge in [0.2, 0.25) is 0 Å². The molecule has 3 aromatic rings. The second-order valence-corrected chi connectivity index (χ2v) is 4.99. The highest BCUT2D eigenvalue weighted by Gasteiger charge is 2.10. The number of aryl methyl sites for hydroxylation is 1. The summed E-state index contributed by atoms with van der Waals surface area (Å²) in [4.78, 5) is 4.40. The van der Waals surface area contributed by atoms with Crippen molar-refractivity contribution in [3.8, 4) is 6.07 Å². The number of rotatable bonds is 3. The first-order chi connectivity index (χ1) is 10.2. The van der Waals surface area contributed by atoms with Crippen LogP contribution in [0.2, 0.25) is 0 Å². The van der Waals surface area contributed by atoms with Crippen molar-refractivity contribution in [2.24, 2.45) is 0 Å². The van der Waals surface area contributed by atoms with Crippen LogP contribution in [0.25, 0.3) is 5.52 Å². The molecule has 2 heterocycles. The fourth-order valence-corrected chi connectivity index (χ4v) is 2.29. The summed E-state index contributed by atoms with van der Waals surface area (Å²) < 4.78 is 1.82. The molecule has 0 radical (unpaired) electrons. The van der Waals surface area contributed by atoms with Gasteiger partial charge >= 0.3 is 0 Å². The van der Waals surface area contributed by atoms with Gasteiger partial charge in [0.15, 0.2) is 5.82 Å². The molecular weight excluding hydrogens is 262 g/mol. The van der Waals surface area contributed by atoms with Gasteiger partial charge < -0.3 is 5.32 Å². The van der Waals surface area contributed by atoms with Crippen LogP contribution in [0, 0.1) is 18.3 Å². The van der Waals surface area contributed by atoms with E-state index in [1.165, 1.54) is 0 Å². The average Bonchev–Trinajstić information content (AvgIpc) is 2.88. The molecular formula is C16H15N5. The number of benzene rings is 1. The topological polar surface area (TPSA) is 66.0 Å². The zero-order valence-electron chi connectivity index (χ0n) is 11.9. The van der Waals surface area contributed by atoms with Gasteiger partial charge in [0.05, 0.1) is 23.4 Å². The number of hydrogen-bond donors (Lipinski definition) is 1. The predicted molar refractivity (Wildman–Crippen MR) is 80.9 cm³/mol. The first kappa shape index (κ1) is 13.1. The molecule has 0 saturated heterocycles. The quantitative estimate of drug-likeness (QED) is 0.799. The van der Waals surface area contributed by atoms with Crippen molar-refractivity contribution in [1.82, 2.24) is 14.6 Å². The van der Waals surface area contributed by atoms with E-state index in [1.54, 1.807) is 6.20 Å². The molecule has 1 N–H and O–H groups in total. The lowest BCUT2D eigenvalue weighted by Gasteiger charge is -2.15. The zero-order chi connectivity index (χ0) is 14.8. The highest BCUT2D eigenvalue weighted by molar-refractivity contribution is 5.68. The largest absolute Gasteiger partial charge is 0.362 e. The highest BCUT2D eigenvalue weighted by Crippen LogP contribution is 2.22. The molecule has 1 unspecified atom stereocenters. The van der Waals surface area contributed by atoms with Crippen LogP contribution < -0.4 is 5.32 Å². The van der Waals surface area contributed by atoms with E-state index < -0.39 is 0 Å². The summed E-state index contributed by atoms with van der Waals surface area (Å²) in [6.07, 6.45) is 3.56. The summed E-state index contributed by atoms with van der Waals surface area (Å²) in [5, 5.41) is 16.6. The molecule has 0 aliphatic heterocycles. The number of aromatic nitrogens is 3. The molecule has 1 atom stereocenters. The molecule has 5 nitrogen and oxygen atoms in total. The van der Waals surface area contributed by atoms with Gasteiger partial charge in [0.25, 0.3) is 0 Å². The summed E-state index contributed by atoms with van der Waals surface area (Å²) in [5.74, 6) is 0.801. The second kappa shape index (κ2) is 5.25. The van der Waals surface area contributed by atoms with Crippen molar-refractivity contribution >= 4 is 11.3 Å². The van der Waals surface area contributed by atoms with Crippen LogP contribution in [-0.4, -0.2) is 14.6 Å². The Hall–Kier alpha value is -2.87. The Morgan fingerprint density at radius 2 is 2.05 bits per heavy atom. The second-order valence-electron chi connectivity index (χ2n) is 4.99. The third-order valence-electron chi connectivity index (χ3n) is 3.41. The summed E-state index contributed by atoms with van der Waals surface area (Å²) in [7, 11) is 0. The minimum Gasteiger partial charge on any atom is -0.362 e. The molecule has 0 saturated carbocycles. The van der Waals surface area contributed by atoms with Crippen molar-refractivity contribution in [2.75, 3.05) is 5.32 Å². The summed E-state index contributed by atoms with van der Waals surface area (Å²) in [5.41, 5.74) is 3.68. The van der Waals surface area contributed by atoms with Gasteiger partial charge in [-0.1, -0.05) is 12.1 Å². The number of fused-ring (bicyclic) bond motifs is 1. The SMILES string of the molecule is Cc1cc2c(NC(C)c3ccc(C#N)cc3)nccn2n1. The van der Waals surface area contributed by atoms with Crippen molar-refractivity contribution in [3.05, 3.63) is 59.5 Å². The molecule has 1 aromatic carbocycles. The lowest BCUT2D eigenvalue weighted by molar-refractivity contribution is 0.864. The summed E-state index contributed by atoms with van der Waals surface area (Å²) in [6.45, 7) is 4.02. The smallest absolute Gasteiger partial charge is 0.152 e. The minimum atomic E-state index is 0.0895. The van der Waals surface area contributed by atoms with Crippen molar-refractivity contribution in [2.45, 2.75) is 19.9 Å². The normalized spacial score (nSPS) is 12.0. The van der Waals surface area contributed by atoms with E-state index in [9.17, 15) is 0 Å². The Kier molecular flexibility index (Phi) is 3.28. The van der Waals surface area contributed by atoms with Crippen LogP contribution in [0.1, 0.15) is 29.8 Å². The molecule has 0 aliphatic rings. The van der Waals surface area contributed by atoms with Gasteiger partial charge in [0, 0.05) is 12.4 Å². The molecule has 0 spiro atoms. The molecule has 5 heteroatoms. The average molecular weight is 277 g/mol. The molecule has 0 fully saturated rings. The fourth-order valence-electron chi connectivity index (χ4n) is 2.29. The third kappa shape index (κ3) is 2.56. The maximum atomic E-state index is 8.84. The fraction of sp³-hybridized carbons (Fsp3) is 0.188. The highest BCUT2D eigenvalue weighted by atomic mass is 15.2. The van der Waals surface area contributed by atoms with Crippen molar-refractivity contribution in [3.63, 3.8) is 0 Å². The number of hydrogen-bond acceptors (Lipinski definition) is 4. The molecule has 2 aromatic heterocycles. The van der Waals surface area contributed by atoms with Gasteiger partial charge in [-0.3, -0.25) is 0 Å². The van der Waals surface area contributed by atoms with Gasteiger partial charge in [0.1, 0.15) is 5.52 Å². The van der Waals surface area contributed by atoms with E-state index in [-0.39, 0.29) is 6.04 Å². The van der Waals surface area contributed by atoms with Crippen LogP contribution in [-0.2, 0) is 0 Å². The first-order valence-electron chi connectivity index (χ1n) is 6.75. The standard InChI is InChI=1S/C16H15N5/c1-11-9-15-16(18-7-8-21(15)20-11)19-12(2)14-5-3-13(10-17)4-6-14/h3-9,12H,1-2H3,(H,18,19). The number of nitriles is 1. The Morgan fingerprint density at radius 1 is 1.29 bits per heavy atom. The van der Waals surface area contributed by atoms with Crippen molar-refractivity contribution in [1.29, 1.82) is 5.26 Å². The first-order valence-corrected chi connectivity index (χ1v) is 6.75. The Balaban J connectivity index is 1.88. The molecule has 3 rings (SSSR count). The predicted octanol–water partition coefficient (Wildman–Crippen LogP) is 3.08. The van der Waals surface area contributed by atoms with Gasteiger partial charge in [-0.25, -0.2) is 9.50 Å². The minimum absolute atomic E-state index is 0.0895. The van der Waals surface area contributed by atoms with E-state index in [4.69, 9.17) is 5.26 Å². The van der Waals surface area contributed by atoms with Crippen LogP contribution in [0.4, 0.5) is 5.82 Å². The number of anilines is 1. The van der Waals surface area contributed by atoms with E-state index >= 15 is 0 Å². The van der Waals surface area contributed by atoms with Crippen LogP contribution in [0.3, 0.4) is 0 Å². The molecule has 104 valence electrons. The summed E-state index contributed by atoms with van der Waals surface area (Å²) in [6, 6.07) is 11.8. The Labute approximate surface area is 122 Å². The third-order valence-corrected chi connectivity index (χ3v) is 3.41. The van der Waals surface area contributed by atoms with Gasteiger partial charge in [-0.2, -0.15) is 10.4 Å². The maximum Gasteiger partial charge on any atom is 0.152 e. The van der Waals surface area contributed by atoms with Crippen LogP contribution in [0.5, 0.6) is 0 Å².